The van der Waals surface area contributed by atoms with E-state index in [0.29, 0.717) is 0 Å². The van der Waals surface area contributed by atoms with Gasteiger partial charge in [0.15, 0.2) is 0 Å². The molecule has 0 aromatic rings. The largest absolute Gasteiger partial charge is 0.0996 e. The summed E-state index contributed by atoms with van der Waals surface area (Å²) in [4.78, 5) is 0. The molecule has 0 spiro atoms. The predicted molar refractivity (Wildman–Crippen MR) is 199 cm³/mol. The lowest BCUT2D eigenvalue weighted by Gasteiger charge is -2.36. The van der Waals surface area contributed by atoms with Crippen LogP contribution >= 0.6 is 0 Å². The van der Waals surface area contributed by atoms with Gasteiger partial charge in [-0.3, -0.25) is 0 Å². The molecule has 0 saturated heterocycles. The third kappa shape index (κ3) is 15.8. The lowest BCUT2D eigenvalue weighted by atomic mass is 9.69. The highest BCUT2D eigenvalue weighted by molar-refractivity contribution is 5.10. The van der Waals surface area contributed by atoms with Crippen LogP contribution in [0.3, 0.4) is 0 Å². The van der Waals surface area contributed by atoms with E-state index in [2.05, 4.69) is 51.4 Å². The third-order valence-electron chi connectivity index (χ3n) is 11.5. The number of rotatable bonds is 1. The van der Waals surface area contributed by atoms with Crippen molar-refractivity contribution in [1.29, 1.82) is 0 Å². The fraction of sp³-hybridized carbons (Fsp3) is 0.907. The molecule has 5 fully saturated rings. The second-order valence-corrected chi connectivity index (χ2v) is 15.1. The van der Waals surface area contributed by atoms with Crippen LogP contribution in [0, 0.1) is 82.9 Å². The number of hydrogen-bond donors (Lipinski definition) is 0. The van der Waals surface area contributed by atoms with Crippen LogP contribution in [0.1, 0.15) is 193 Å². The molecule has 5 saturated carbocycles. The van der Waals surface area contributed by atoms with Gasteiger partial charge in [0, 0.05) is 23.7 Å². The molecule has 0 heterocycles. The molecule has 0 nitrogen and oxygen atoms in total. The molecule has 0 aromatic carbocycles. The Morgan fingerprint density at radius 3 is 0.651 bits per heavy atom. The van der Waals surface area contributed by atoms with E-state index in [1.807, 2.05) is 0 Å². The van der Waals surface area contributed by atoms with Gasteiger partial charge in [-0.2, -0.15) is 0 Å². The zero-order valence-electron chi connectivity index (χ0n) is 25.9. The maximum atomic E-state index is 3.69. The van der Waals surface area contributed by atoms with Crippen molar-refractivity contribution in [1.82, 2.24) is 0 Å². The first-order valence-electron chi connectivity index (χ1n) is 17.5. The second-order valence-electron chi connectivity index (χ2n) is 15.1. The van der Waals surface area contributed by atoms with Gasteiger partial charge in [-0.15, -0.1) is 0 Å². The minimum atomic E-state index is 0. The summed E-state index contributed by atoms with van der Waals surface area (Å²) in [6, 6.07) is 0. The highest BCUT2D eigenvalue weighted by atomic mass is 14.3. The Morgan fingerprint density at radius 2 is 0.419 bits per heavy atom. The van der Waals surface area contributed by atoms with Crippen molar-refractivity contribution in [2.24, 2.45) is 59.2 Å². The summed E-state index contributed by atoms with van der Waals surface area (Å²) in [5.74, 6) is 23.4. The molecule has 5 aliphatic rings. The molecule has 0 atom stereocenters. The van der Waals surface area contributed by atoms with Crippen LogP contribution in [0.15, 0.2) is 0 Å². The lowest BCUT2D eigenvalue weighted by molar-refractivity contribution is 0.162. The predicted octanol–water partition coefficient (Wildman–Crippen LogP) is 14.3. The van der Waals surface area contributed by atoms with Crippen LogP contribution in [0.4, 0.5) is 0 Å². The van der Waals surface area contributed by atoms with E-state index in [4.69, 9.17) is 0 Å². The van der Waals surface area contributed by atoms with Gasteiger partial charge in [-0.05, 0) is 151 Å². The van der Waals surface area contributed by atoms with E-state index in [-0.39, 0.29) is 37.1 Å². The van der Waals surface area contributed by atoms with Crippen LogP contribution < -0.4 is 0 Å². The van der Waals surface area contributed by atoms with Gasteiger partial charge in [-0.25, -0.2) is 0 Å². The molecule has 0 unspecified atom stereocenters. The molecule has 0 bridgehead atoms. The zero-order valence-corrected chi connectivity index (χ0v) is 25.9. The van der Waals surface area contributed by atoms with Crippen molar-refractivity contribution < 1.29 is 0 Å². The van der Waals surface area contributed by atoms with E-state index in [0.717, 1.165) is 59.2 Å². The van der Waals surface area contributed by atoms with E-state index in [1.54, 1.807) is 0 Å². The van der Waals surface area contributed by atoms with E-state index >= 15 is 0 Å². The van der Waals surface area contributed by atoms with Crippen molar-refractivity contribution in [3.05, 3.63) is 0 Å². The average Bonchev–Trinajstić information content (AvgIpc) is 2.94. The Balaban J connectivity index is 0. The molecule has 254 valence electrons. The second kappa shape index (κ2) is 23.5. The van der Waals surface area contributed by atoms with Crippen LogP contribution in [0.5, 0.6) is 0 Å². The lowest BCUT2D eigenvalue weighted by Crippen LogP contribution is -2.25. The van der Waals surface area contributed by atoms with Crippen LogP contribution in [0.25, 0.3) is 0 Å². The van der Waals surface area contributed by atoms with Crippen LogP contribution in [0.2, 0.25) is 0 Å². The Bertz CT molecular complexity index is 733. The van der Waals surface area contributed by atoms with Gasteiger partial charge in [0.2, 0.25) is 0 Å². The minimum absolute atomic E-state index is 0. The summed E-state index contributed by atoms with van der Waals surface area (Å²) < 4.78 is 0. The van der Waals surface area contributed by atoms with Gasteiger partial charge < -0.3 is 0 Å². The van der Waals surface area contributed by atoms with Crippen molar-refractivity contribution in [2.45, 2.75) is 193 Å². The van der Waals surface area contributed by atoms with Gasteiger partial charge in [0.25, 0.3) is 0 Å². The van der Waals surface area contributed by atoms with Gasteiger partial charge in [0.1, 0.15) is 0 Å². The molecule has 0 amide bonds. The van der Waals surface area contributed by atoms with Crippen molar-refractivity contribution >= 4 is 0 Å². The molecule has 5 rings (SSSR count). The first kappa shape index (κ1) is 44.2. The zero-order chi connectivity index (χ0) is 26.7. The van der Waals surface area contributed by atoms with Crippen LogP contribution in [-0.4, -0.2) is 0 Å². The monoisotopic (exact) mass is 599 g/mol. The fourth-order valence-corrected chi connectivity index (χ4v) is 8.18. The molecule has 0 aromatic heterocycles. The highest BCUT2D eigenvalue weighted by Gasteiger charge is 2.29. The Hall–Kier alpha value is -0.880. The maximum Gasteiger partial charge on any atom is 0.0203 e. The molecule has 0 aliphatic heterocycles. The topological polar surface area (TPSA) is 0 Å². The van der Waals surface area contributed by atoms with Crippen molar-refractivity contribution in [2.75, 3.05) is 0 Å². The molecule has 0 heteroatoms. The van der Waals surface area contributed by atoms with Gasteiger partial charge >= 0.3 is 0 Å². The Morgan fingerprint density at radius 1 is 0.256 bits per heavy atom. The molecular weight excluding hydrogens is 516 g/mol. The first-order chi connectivity index (χ1) is 18.4. The first-order valence-corrected chi connectivity index (χ1v) is 17.5. The fourth-order valence-electron chi connectivity index (χ4n) is 8.18. The molecular formula is C43H82. The molecule has 43 heavy (non-hydrogen) atoms. The number of hydrogen-bond acceptors (Lipinski definition) is 0. The van der Waals surface area contributed by atoms with E-state index in [1.165, 1.54) is 128 Å². The smallest absolute Gasteiger partial charge is 0.0203 e. The summed E-state index contributed by atoms with van der Waals surface area (Å²) in [5, 5.41) is 0. The summed E-state index contributed by atoms with van der Waals surface area (Å²) >= 11 is 0. The van der Waals surface area contributed by atoms with Gasteiger partial charge in [0.05, 0.1) is 0 Å². The minimum Gasteiger partial charge on any atom is -0.0996 e. The summed E-state index contributed by atoms with van der Waals surface area (Å²) in [7, 11) is 0. The normalized spacial score (nSPS) is 36.9. The Labute approximate surface area is 275 Å². The molecule has 0 radical (unpaired) electrons. The third-order valence-corrected chi connectivity index (χ3v) is 11.5. The SMILES string of the molecule is C.C.C.C.C.CC1CCC(C#CC2CCC(C)CC2)CC1.CC1CCC(C#CC2CCC(C3CCC(C)CC3)CC2)CC1. The van der Waals surface area contributed by atoms with Gasteiger partial charge in [-0.1, -0.05) is 101 Å². The van der Waals surface area contributed by atoms with Crippen molar-refractivity contribution in [3.63, 3.8) is 0 Å². The molecule has 0 N–H and O–H groups in total. The van der Waals surface area contributed by atoms with Crippen LogP contribution in [-0.2, 0) is 0 Å². The molecule has 5 aliphatic carbocycles. The Kier molecular flexibility index (Phi) is 24.1. The van der Waals surface area contributed by atoms with E-state index in [9.17, 15) is 0 Å². The summed E-state index contributed by atoms with van der Waals surface area (Å²) in [5.41, 5.74) is 0. The highest BCUT2D eigenvalue weighted by Crippen LogP contribution is 2.41. The summed E-state index contributed by atoms with van der Waals surface area (Å²) in [6.07, 6.45) is 28.3. The standard InChI is InChI=1S/C22H36.C16H26.5CH4/c1-17-3-7-19(8-4-17)9-10-20-11-15-22(16-12-20)21-13-5-18(2)6-14-21;1-13-3-7-15(8-4-13)11-12-16-9-5-14(2)6-10-16;;;;;/h17-22H,3-8,11-16H2,1-2H3;13-16H,3-10H2,1-2H3;5*1H4. The summed E-state index contributed by atoms with van der Waals surface area (Å²) in [6.45, 7) is 9.60. The maximum absolute atomic E-state index is 3.69. The quantitative estimate of drug-likeness (QED) is 0.263. The average molecular weight is 599 g/mol. The van der Waals surface area contributed by atoms with Crippen molar-refractivity contribution in [3.8, 4) is 23.7 Å². The van der Waals surface area contributed by atoms with E-state index < -0.39 is 0 Å².